The molecule has 0 radical (unpaired) electrons. The lowest BCUT2D eigenvalue weighted by Crippen LogP contribution is -2.17. The number of allylic oxidation sites excluding steroid dienone is 2. The van der Waals surface area contributed by atoms with Gasteiger partial charge in [0.05, 0.1) is 0 Å². The fourth-order valence-corrected chi connectivity index (χ4v) is 1.24. The number of hydrogen-bond acceptors (Lipinski definition) is 1. The summed E-state index contributed by atoms with van der Waals surface area (Å²) in [5.74, 6) is 0. The normalized spacial score (nSPS) is 10.8. The van der Waals surface area contributed by atoms with Crippen molar-refractivity contribution >= 4 is 15.9 Å². The van der Waals surface area contributed by atoms with Gasteiger partial charge in [0.1, 0.15) is 0 Å². The highest BCUT2D eigenvalue weighted by Gasteiger charge is 1.92. The zero-order valence-corrected chi connectivity index (χ0v) is 8.41. The van der Waals surface area contributed by atoms with E-state index in [1.807, 2.05) is 19.1 Å². The molecule has 1 aromatic heterocycles. The molecule has 0 unspecified atom stereocenters. The minimum atomic E-state index is 0.0244. The number of halogens is 1. The Balaban J connectivity index is 2.97. The zero-order valence-electron chi connectivity index (χ0n) is 6.83. The molecule has 1 rings (SSSR count). The van der Waals surface area contributed by atoms with Gasteiger partial charge in [0.15, 0.2) is 0 Å². The molecule has 0 fully saturated rings. The van der Waals surface area contributed by atoms with Crippen LogP contribution < -0.4 is 5.56 Å². The molecule has 0 aliphatic heterocycles. The van der Waals surface area contributed by atoms with Crippen molar-refractivity contribution in [3.63, 3.8) is 0 Å². The minimum absolute atomic E-state index is 0.0244. The van der Waals surface area contributed by atoms with Crippen LogP contribution in [-0.2, 0) is 6.54 Å². The van der Waals surface area contributed by atoms with E-state index >= 15 is 0 Å². The quantitative estimate of drug-likeness (QED) is 0.711. The third kappa shape index (κ3) is 2.34. The van der Waals surface area contributed by atoms with Crippen LogP contribution in [0.25, 0.3) is 0 Å². The van der Waals surface area contributed by atoms with E-state index in [4.69, 9.17) is 0 Å². The SMILES string of the molecule is CC=CCn1cc(Br)ccc1=O. The molecule has 3 heteroatoms. The first-order valence-electron chi connectivity index (χ1n) is 3.71. The molecule has 0 bridgehead atoms. The van der Waals surface area contributed by atoms with Crippen LogP contribution in [0.3, 0.4) is 0 Å². The average molecular weight is 228 g/mol. The Morgan fingerprint density at radius 1 is 1.58 bits per heavy atom. The van der Waals surface area contributed by atoms with Crippen molar-refractivity contribution in [1.29, 1.82) is 0 Å². The van der Waals surface area contributed by atoms with Crippen LogP contribution in [-0.4, -0.2) is 4.57 Å². The average Bonchev–Trinajstić information content (AvgIpc) is 2.07. The van der Waals surface area contributed by atoms with Gasteiger partial charge in [0, 0.05) is 23.3 Å². The molecule has 0 amide bonds. The van der Waals surface area contributed by atoms with E-state index in [0.29, 0.717) is 6.54 Å². The monoisotopic (exact) mass is 227 g/mol. The first kappa shape index (κ1) is 9.26. The van der Waals surface area contributed by atoms with Crippen molar-refractivity contribution in [2.45, 2.75) is 13.5 Å². The molecule has 1 aromatic rings. The summed E-state index contributed by atoms with van der Waals surface area (Å²) in [5.41, 5.74) is 0.0244. The maximum atomic E-state index is 11.2. The summed E-state index contributed by atoms with van der Waals surface area (Å²) in [6, 6.07) is 3.29. The van der Waals surface area contributed by atoms with Crippen LogP contribution in [0.2, 0.25) is 0 Å². The molecule has 2 nitrogen and oxygen atoms in total. The maximum Gasteiger partial charge on any atom is 0.250 e. The van der Waals surface area contributed by atoms with Gasteiger partial charge in [0.25, 0.3) is 5.56 Å². The van der Waals surface area contributed by atoms with Crippen molar-refractivity contribution in [3.8, 4) is 0 Å². The van der Waals surface area contributed by atoms with Gasteiger partial charge < -0.3 is 4.57 Å². The van der Waals surface area contributed by atoms with Gasteiger partial charge in [-0.05, 0) is 28.9 Å². The first-order valence-corrected chi connectivity index (χ1v) is 4.50. The number of hydrogen-bond donors (Lipinski definition) is 0. The van der Waals surface area contributed by atoms with Gasteiger partial charge >= 0.3 is 0 Å². The number of aromatic nitrogens is 1. The minimum Gasteiger partial charge on any atom is -0.311 e. The second-order valence-electron chi connectivity index (χ2n) is 2.41. The summed E-state index contributed by atoms with van der Waals surface area (Å²) in [6.07, 6.45) is 5.64. The molecule has 0 aliphatic carbocycles. The fourth-order valence-electron chi connectivity index (χ4n) is 0.864. The number of rotatable bonds is 2. The van der Waals surface area contributed by atoms with Gasteiger partial charge in [-0.25, -0.2) is 0 Å². The zero-order chi connectivity index (χ0) is 8.97. The van der Waals surface area contributed by atoms with Gasteiger partial charge in [0.2, 0.25) is 0 Å². The summed E-state index contributed by atoms with van der Waals surface area (Å²) in [5, 5.41) is 0. The summed E-state index contributed by atoms with van der Waals surface area (Å²) in [6.45, 7) is 2.57. The third-order valence-electron chi connectivity index (χ3n) is 1.49. The Morgan fingerprint density at radius 2 is 2.33 bits per heavy atom. The van der Waals surface area contributed by atoms with Gasteiger partial charge in [-0.2, -0.15) is 0 Å². The standard InChI is InChI=1S/C9H10BrNO/c1-2-3-6-11-7-8(10)4-5-9(11)12/h2-5,7H,6H2,1H3. The van der Waals surface area contributed by atoms with Gasteiger partial charge in [-0.3, -0.25) is 4.79 Å². The van der Waals surface area contributed by atoms with Crippen LogP contribution in [0.15, 0.2) is 39.7 Å². The van der Waals surface area contributed by atoms with Crippen molar-refractivity contribution in [2.75, 3.05) is 0 Å². The van der Waals surface area contributed by atoms with Crippen molar-refractivity contribution in [3.05, 3.63) is 45.3 Å². The van der Waals surface area contributed by atoms with E-state index in [2.05, 4.69) is 15.9 Å². The van der Waals surface area contributed by atoms with Crippen molar-refractivity contribution in [1.82, 2.24) is 4.57 Å². The third-order valence-corrected chi connectivity index (χ3v) is 1.95. The molecule has 1 heterocycles. The highest BCUT2D eigenvalue weighted by molar-refractivity contribution is 9.10. The number of nitrogens with zero attached hydrogens (tertiary/aromatic N) is 1. The second-order valence-corrected chi connectivity index (χ2v) is 3.32. The lowest BCUT2D eigenvalue weighted by molar-refractivity contribution is 0.775. The lowest BCUT2D eigenvalue weighted by Gasteiger charge is -2.00. The van der Waals surface area contributed by atoms with E-state index in [9.17, 15) is 4.79 Å². The predicted octanol–water partition coefficient (Wildman–Crippen LogP) is 2.19. The van der Waals surface area contributed by atoms with Crippen LogP contribution in [0, 0.1) is 0 Å². The molecule has 64 valence electrons. The summed E-state index contributed by atoms with van der Waals surface area (Å²) in [4.78, 5) is 11.2. The molecule has 0 aromatic carbocycles. The van der Waals surface area contributed by atoms with Crippen LogP contribution in [0.4, 0.5) is 0 Å². The topological polar surface area (TPSA) is 22.0 Å². The maximum absolute atomic E-state index is 11.2. The van der Waals surface area contributed by atoms with Crippen molar-refractivity contribution in [2.24, 2.45) is 0 Å². The van der Waals surface area contributed by atoms with Crippen molar-refractivity contribution < 1.29 is 0 Å². The first-order chi connectivity index (χ1) is 5.74. The van der Waals surface area contributed by atoms with Crippen LogP contribution in [0.5, 0.6) is 0 Å². The largest absolute Gasteiger partial charge is 0.311 e. The van der Waals surface area contributed by atoms with E-state index in [-0.39, 0.29) is 5.56 Å². The molecular formula is C9H10BrNO. The molecule has 0 saturated heterocycles. The molecule has 12 heavy (non-hydrogen) atoms. The van der Waals surface area contributed by atoms with E-state index in [1.165, 1.54) is 0 Å². The summed E-state index contributed by atoms with van der Waals surface area (Å²) < 4.78 is 2.57. The predicted molar refractivity (Wildman–Crippen MR) is 53.2 cm³/mol. The van der Waals surface area contributed by atoms with E-state index in [1.54, 1.807) is 22.9 Å². The Labute approximate surface area is 79.7 Å². The Kier molecular flexibility index (Phi) is 3.29. The Morgan fingerprint density at radius 3 is 3.00 bits per heavy atom. The van der Waals surface area contributed by atoms with Gasteiger partial charge in [-0.15, -0.1) is 0 Å². The fraction of sp³-hybridized carbons (Fsp3) is 0.222. The molecule has 0 N–H and O–H groups in total. The molecule has 0 saturated carbocycles. The molecule has 0 spiro atoms. The van der Waals surface area contributed by atoms with Gasteiger partial charge in [-0.1, -0.05) is 12.2 Å². The summed E-state index contributed by atoms with van der Waals surface area (Å²) >= 11 is 3.30. The van der Waals surface area contributed by atoms with E-state index < -0.39 is 0 Å². The Hall–Kier alpha value is -0.830. The highest BCUT2D eigenvalue weighted by atomic mass is 79.9. The summed E-state index contributed by atoms with van der Waals surface area (Å²) in [7, 11) is 0. The highest BCUT2D eigenvalue weighted by Crippen LogP contribution is 2.04. The smallest absolute Gasteiger partial charge is 0.250 e. The second kappa shape index (κ2) is 4.26. The molecule has 0 aliphatic rings. The van der Waals surface area contributed by atoms with E-state index in [0.717, 1.165) is 4.47 Å². The Bertz CT molecular complexity index is 341. The molecule has 0 atom stereocenters. The number of pyridine rings is 1. The van der Waals surface area contributed by atoms with Crippen LogP contribution in [0.1, 0.15) is 6.92 Å². The lowest BCUT2D eigenvalue weighted by atomic mass is 10.4. The van der Waals surface area contributed by atoms with Crippen LogP contribution >= 0.6 is 15.9 Å². The molecular weight excluding hydrogens is 218 g/mol.